The van der Waals surface area contributed by atoms with Gasteiger partial charge in [-0.2, -0.15) is 0 Å². The zero-order valence-electron chi connectivity index (χ0n) is 14.5. The van der Waals surface area contributed by atoms with Crippen LogP contribution in [0.1, 0.15) is 29.5 Å². The summed E-state index contributed by atoms with van der Waals surface area (Å²) in [5, 5.41) is 11.6. The molecule has 0 saturated carbocycles. The molecule has 2 N–H and O–H groups in total. The van der Waals surface area contributed by atoms with Crippen LogP contribution < -0.4 is 9.46 Å². The Morgan fingerprint density at radius 1 is 1.27 bits per heavy atom. The van der Waals surface area contributed by atoms with Gasteiger partial charge in [-0.3, -0.25) is 0 Å². The fourth-order valence-corrected chi connectivity index (χ4v) is 4.77. The first-order valence-corrected chi connectivity index (χ1v) is 10.5. The number of hydrogen-bond donors (Lipinski definition) is 2. The second kappa shape index (κ2) is 7.56. The number of nitrogens with one attached hydrogen (secondary N) is 1. The minimum Gasteiger partial charge on any atom is -0.497 e. The van der Waals surface area contributed by atoms with Crippen molar-refractivity contribution in [2.24, 2.45) is 0 Å². The van der Waals surface area contributed by atoms with E-state index in [0.29, 0.717) is 17.0 Å². The van der Waals surface area contributed by atoms with E-state index in [1.807, 2.05) is 12.1 Å². The molecule has 0 spiro atoms. The number of aryl methyl sites for hydroxylation is 1. The van der Waals surface area contributed by atoms with Gasteiger partial charge in [-0.25, -0.2) is 13.1 Å². The summed E-state index contributed by atoms with van der Waals surface area (Å²) in [6.45, 7) is -0.0603. The van der Waals surface area contributed by atoms with E-state index in [4.69, 9.17) is 16.3 Å². The van der Waals surface area contributed by atoms with E-state index in [-0.39, 0.29) is 12.3 Å². The third kappa shape index (κ3) is 4.38. The number of hydrogen-bond acceptors (Lipinski definition) is 4. The van der Waals surface area contributed by atoms with Gasteiger partial charge >= 0.3 is 0 Å². The van der Waals surface area contributed by atoms with Gasteiger partial charge in [-0.05, 0) is 60.2 Å². The van der Waals surface area contributed by atoms with Crippen molar-refractivity contribution in [1.82, 2.24) is 4.72 Å². The normalized spacial score (nSPS) is 19.8. The maximum absolute atomic E-state index is 12.4. The van der Waals surface area contributed by atoms with E-state index < -0.39 is 15.6 Å². The van der Waals surface area contributed by atoms with Crippen LogP contribution in [0.2, 0.25) is 5.02 Å². The van der Waals surface area contributed by atoms with E-state index in [1.165, 1.54) is 0 Å². The SMILES string of the molecule is COc1ccc2c(c1)CCCC2(O)CNS(=O)(=O)Cc1cccc(Cl)c1. The Hall–Kier alpha value is -1.60. The average molecular weight is 396 g/mol. The van der Waals surface area contributed by atoms with Crippen molar-refractivity contribution in [2.45, 2.75) is 30.6 Å². The summed E-state index contributed by atoms with van der Waals surface area (Å²) >= 11 is 5.91. The van der Waals surface area contributed by atoms with Crippen molar-refractivity contribution >= 4 is 21.6 Å². The van der Waals surface area contributed by atoms with Crippen LogP contribution in [0, 0.1) is 0 Å². The molecule has 0 fully saturated rings. The first-order chi connectivity index (χ1) is 12.3. The second-order valence-corrected chi connectivity index (χ2v) is 8.86. The fraction of sp³-hybridized carbons (Fsp3) is 0.368. The van der Waals surface area contributed by atoms with Crippen LogP contribution in [0.25, 0.3) is 0 Å². The minimum absolute atomic E-state index is 0.0603. The number of benzene rings is 2. The lowest BCUT2D eigenvalue weighted by molar-refractivity contribution is 0.0242. The number of fused-ring (bicyclic) bond motifs is 1. The van der Waals surface area contributed by atoms with Crippen molar-refractivity contribution in [3.05, 3.63) is 64.2 Å². The van der Waals surface area contributed by atoms with Crippen molar-refractivity contribution in [3.63, 3.8) is 0 Å². The summed E-state index contributed by atoms with van der Waals surface area (Å²) in [7, 11) is -2.00. The lowest BCUT2D eigenvalue weighted by atomic mass is 9.79. The van der Waals surface area contributed by atoms with Gasteiger partial charge in [0.2, 0.25) is 10.0 Å². The highest BCUT2D eigenvalue weighted by Crippen LogP contribution is 2.36. The van der Waals surface area contributed by atoms with Gasteiger partial charge in [0.1, 0.15) is 11.4 Å². The van der Waals surface area contributed by atoms with Gasteiger partial charge in [0, 0.05) is 11.6 Å². The maximum Gasteiger partial charge on any atom is 0.215 e. The van der Waals surface area contributed by atoms with Crippen LogP contribution in [0.5, 0.6) is 5.75 Å². The summed E-state index contributed by atoms with van der Waals surface area (Å²) in [5.41, 5.74) is 1.13. The van der Waals surface area contributed by atoms with Crippen molar-refractivity contribution in [2.75, 3.05) is 13.7 Å². The molecule has 140 valence electrons. The molecule has 0 aromatic heterocycles. The van der Waals surface area contributed by atoms with E-state index >= 15 is 0 Å². The van der Waals surface area contributed by atoms with Gasteiger partial charge < -0.3 is 9.84 Å². The van der Waals surface area contributed by atoms with E-state index in [2.05, 4.69) is 4.72 Å². The number of rotatable bonds is 6. The highest BCUT2D eigenvalue weighted by Gasteiger charge is 2.35. The van der Waals surface area contributed by atoms with Crippen LogP contribution in [0.15, 0.2) is 42.5 Å². The molecule has 1 aliphatic carbocycles. The topological polar surface area (TPSA) is 75.6 Å². The molecule has 5 nitrogen and oxygen atoms in total. The largest absolute Gasteiger partial charge is 0.497 e. The number of sulfonamides is 1. The molecule has 0 amide bonds. The molecule has 26 heavy (non-hydrogen) atoms. The molecule has 3 rings (SSSR count). The van der Waals surface area contributed by atoms with Gasteiger partial charge in [-0.1, -0.05) is 29.8 Å². The van der Waals surface area contributed by atoms with Crippen LogP contribution in [-0.2, 0) is 27.8 Å². The van der Waals surface area contributed by atoms with Gasteiger partial charge in [0.25, 0.3) is 0 Å². The third-order valence-electron chi connectivity index (χ3n) is 4.68. The van der Waals surface area contributed by atoms with E-state index in [1.54, 1.807) is 37.4 Å². The van der Waals surface area contributed by atoms with E-state index in [9.17, 15) is 13.5 Å². The highest BCUT2D eigenvalue weighted by atomic mass is 35.5. The number of aliphatic hydroxyl groups is 1. The standard InChI is InChI=1S/C19H22ClNO4S/c1-25-17-7-8-18-15(11-17)5-3-9-19(18,22)13-21-26(23,24)12-14-4-2-6-16(20)10-14/h2,4,6-8,10-11,21-22H,3,5,9,12-13H2,1H3. The van der Waals surface area contributed by atoms with Crippen LogP contribution in [0.3, 0.4) is 0 Å². The summed E-state index contributed by atoms with van der Waals surface area (Å²) in [5.74, 6) is 0.550. The molecule has 1 atom stereocenters. The molecule has 2 aromatic carbocycles. The van der Waals surface area contributed by atoms with Crippen molar-refractivity contribution in [3.8, 4) is 5.75 Å². The molecule has 1 unspecified atom stereocenters. The predicted molar refractivity (Wildman–Crippen MR) is 102 cm³/mol. The molecule has 1 aliphatic rings. The quantitative estimate of drug-likeness (QED) is 0.788. The molecule has 2 aromatic rings. The second-order valence-electron chi connectivity index (χ2n) is 6.62. The Kier molecular flexibility index (Phi) is 5.58. The van der Waals surface area contributed by atoms with Crippen LogP contribution >= 0.6 is 11.6 Å². The Labute approximate surface area is 159 Å². The summed E-state index contributed by atoms with van der Waals surface area (Å²) in [4.78, 5) is 0. The summed E-state index contributed by atoms with van der Waals surface area (Å²) in [6, 6.07) is 12.3. The van der Waals surface area contributed by atoms with Gasteiger partial charge in [0.15, 0.2) is 0 Å². The molecule has 0 bridgehead atoms. The number of halogens is 1. The zero-order valence-corrected chi connectivity index (χ0v) is 16.1. The smallest absolute Gasteiger partial charge is 0.215 e. The average Bonchev–Trinajstić information content (AvgIpc) is 2.60. The van der Waals surface area contributed by atoms with Gasteiger partial charge in [-0.15, -0.1) is 0 Å². The van der Waals surface area contributed by atoms with Gasteiger partial charge in [0.05, 0.1) is 12.9 Å². The highest BCUT2D eigenvalue weighted by molar-refractivity contribution is 7.88. The molecule has 0 aliphatic heterocycles. The van der Waals surface area contributed by atoms with Crippen LogP contribution in [0.4, 0.5) is 0 Å². The lowest BCUT2D eigenvalue weighted by Crippen LogP contribution is -2.43. The summed E-state index contributed by atoms with van der Waals surface area (Å²) < 4.78 is 32.6. The Morgan fingerprint density at radius 2 is 2.08 bits per heavy atom. The Bertz CT molecular complexity index is 900. The molecule has 0 saturated heterocycles. The number of methoxy groups -OCH3 is 1. The maximum atomic E-state index is 12.4. The van der Waals surface area contributed by atoms with Crippen LogP contribution in [-0.4, -0.2) is 27.2 Å². The predicted octanol–water partition coefficient (Wildman–Crippen LogP) is 2.99. The monoisotopic (exact) mass is 395 g/mol. The Morgan fingerprint density at radius 3 is 2.81 bits per heavy atom. The van der Waals surface area contributed by atoms with Crippen molar-refractivity contribution < 1.29 is 18.3 Å². The minimum atomic E-state index is -3.60. The molecular weight excluding hydrogens is 374 g/mol. The summed E-state index contributed by atoms with van der Waals surface area (Å²) in [6.07, 6.45) is 2.13. The number of ether oxygens (including phenoxy) is 1. The van der Waals surface area contributed by atoms with E-state index in [0.717, 1.165) is 29.7 Å². The Balaban J connectivity index is 1.75. The first kappa shape index (κ1) is 19.2. The molecule has 0 heterocycles. The first-order valence-electron chi connectivity index (χ1n) is 8.43. The fourth-order valence-electron chi connectivity index (χ4n) is 3.37. The molecule has 7 heteroatoms. The van der Waals surface area contributed by atoms with Crippen molar-refractivity contribution in [1.29, 1.82) is 0 Å². The molecular formula is C19H22ClNO4S. The third-order valence-corrected chi connectivity index (χ3v) is 6.21. The molecule has 0 radical (unpaired) electrons. The lowest BCUT2D eigenvalue weighted by Gasteiger charge is -2.34. The zero-order chi connectivity index (χ0) is 18.8.